The molecular formula is C13H26N4O. The first-order valence-electron chi connectivity index (χ1n) is 6.96. The predicted octanol–water partition coefficient (Wildman–Crippen LogP) is -0.570. The van der Waals surface area contributed by atoms with Crippen LogP contribution < -0.4 is 5.73 Å². The van der Waals surface area contributed by atoms with Crippen molar-refractivity contribution in [1.29, 1.82) is 0 Å². The van der Waals surface area contributed by atoms with Crippen LogP contribution in [-0.4, -0.2) is 80.0 Å². The molecule has 2 rings (SSSR count). The quantitative estimate of drug-likeness (QED) is 0.717. The Morgan fingerprint density at radius 1 is 1.00 bits per heavy atom. The van der Waals surface area contributed by atoms with E-state index >= 15 is 0 Å². The third kappa shape index (κ3) is 3.43. The Morgan fingerprint density at radius 3 is 2.28 bits per heavy atom. The van der Waals surface area contributed by atoms with Gasteiger partial charge >= 0.3 is 0 Å². The van der Waals surface area contributed by atoms with Crippen LogP contribution in [0.15, 0.2) is 0 Å². The van der Waals surface area contributed by atoms with Gasteiger partial charge in [-0.1, -0.05) is 0 Å². The molecule has 1 amide bonds. The Labute approximate surface area is 110 Å². The van der Waals surface area contributed by atoms with Gasteiger partial charge in [-0.3, -0.25) is 9.69 Å². The van der Waals surface area contributed by atoms with Gasteiger partial charge < -0.3 is 15.5 Å². The van der Waals surface area contributed by atoms with E-state index in [4.69, 9.17) is 5.73 Å². The lowest BCUT2D eigenvalue weighted by Gasteiger charge is -2.37. The normalized spacial score (nSPS) is 30.2. The fraction of sp³-hybridized carbons (Fsp3) is 0.923. The molecule has 0 unspecified atom stereocenters. The van der Waals surface area contributed by atoms with Gasteiger partial charge in [0, 0.05) is 32.2 Å². The smallest absolute Gasteiger partial charge is 0.223 e. The number of hydrogen-bond acceptors (Lipinski definition) is 4. The monoisotopic (exact) mass is 254 g/mol. The van der Waals surface area contributed by atoms with Gasteiger partial charge in [-0.2, -0.15) is 0 Å². The fourth-order valence-corrected chi connectivity index (χ4v) is 3.07. The minimum absolute atomic E-state index is 0.0165. The van der Waals surface area contributed by atoms with Crippen LogP contribution in [0.5, 0.6) is 0 Å². The van der Waals surface area contributed by atoms with Crippen LogP contribution in [0.2, 0.25) is 0 Å². The van der Waals surface area contributed by atoms with Crippen molar-refractivity contribution in [2.75, 3.05) is 53.4 Å². The summed E-state index contributed by atoms with van der Waals surface area (Å²) in [6.07, 6.45) is 2.43. The van der Waals surface area contributed by atoms with E-state index in [0.717, 1.165) is 39.3 Å². The highest BCUT2D eigenvalue weighted by molar-refractivity contribution is 5.77. The largest absolute Gasteiger partial charge is 0.369 e. The van der Waals surface area contributed by atoms with E-state index in [2.05, 4.69) is 28.8 Å². The highest BCUT2D eigenvalue weighted by Crippen LogP contribution is 2.19. The molecule has 0 spiro atoms. The van der Waals surface area contributed by atoms with Gasteiger partial charge in [0.05, 0.1) is 5.92 Å². The Hall–Kier alpha value is -0.650. The van der Waals surface area contributed by atoms with Crippen LogP contribution in [0.4, 0.5) is 0 Å². The van der Waals surface area contributed by atoms with Crippen molar-refractivity contribution in [1.82, 2.24) is 14.7 Å². The first-order valence-corrected chi connectivity index (χ1v) is 6.96. The average molecular weight is 254 g/mol. The van der Waals surface area contributed by atoms with Gasteiger partial charge in [0.2, 0.25) is 5.91 Å². The van der Waals surface area contributed by atoms with Gasteiger partial charge in [0.25, 0.3) is 0 Å². The number of likely N-dealkylation sites (N-methyl/N-ethyl adjacent to an activating group) is 1. The molecule has 2 heterocycles. The third-order valence-electron chi connectivity index (χ3n) is 4.36. The molecule has 2 fully saturated rings. The zero-order valence-electron chi connectivity index (χ0n) is 11.6. The zero-order chi connectivity index (χ0) is 13.1. The molecule has 0 aromatic carbocycles. The predicted molar refractivity (Wildman–Crippen MR) is 72.3 cm³/mol. The molecule has 5 nitrogen and oxygen atoms in total. The molecule has 0 aliphatic carbocycles. The van der Waals surface area contributed by atoms with Crippen molar-refractivity contribution in [2.24, 2.45) is 11.7 Å². The maximum Gasteiger partial charge on any atom is 0.223 e. The van der Waals surface area contributed by atoms with Gasteiger partial charge in [0.1, 0.15) is 0 Å². The van der Waals surface area contributed by atoms with Crippen LogP contribution in [0.3, 0.4) is 0 Å². The number of nitrogens with two attached hydrogens (primary N) is 1. The molecule has 0 saturated carbocycles. The highest BCUT2D eigenvalue weighted by atomic mass is 16.1. The van der Waals surface area contributed by atoms with Crippen LogP contribution >= 0.6 is 0 Å². The summed E-state index contributed by atoms with van der Waals surface area (Å²) in [5, 5.41) is 0. The summed E-state index contributed by atoms with van der Waals surface area (Å²) < 4.78 is 0. The molecule has 5 heteroatoms. The third-order valence-corrected chi connectivity index (χ3v) is 4.36. The summed E-state index contributed by atoms with van der Waals surface area (Å²) in [5.74, 6) is -0.168. The SMILES string of the molecule is CN1CCC(N2CCN(C)C[C@@H](C(N)=O)C2)CC1. The molecule has 18 heavy (non-hydrogen) atoms. The lowest BCUT2D eigenvalue weighted by atomic mass is 10.0. The molecule has 2 aliphatic rings. The molecular weight excluding hydrogens is 228 g/mol. The molecule has 2 N–H and O–H groups in total. The highest BCUT2D eigenvalue weighted by Gasteiger charge is 2.30. The van der Waals surface area contributed by atoms with Crippen molar-refractivity contribution in [3.8, 4) is 0 Å². The van der Waals surface area contributed by atoms with Crippen LogP contribution in [-0.2, 0) is 4.79 Å². The Kier molecular flexibility index (Phi) is 4.59. The number of carbonyl (C=O) groups is 1. The first kappa shape index (κ1) is 13.8. The first-order chi connectivity index (χ1) is 8.56. The van der Waals surface area contributed by atoms with Gasteiger partial charge in [0.15, 0.2) is 0 Å². The molecule has 0 radical (unpaired) electrons. The summed E-state index contributed by atoms with van der Waals surface area (Å²) in [6, 6.07) is 0.634. The number of primary amides is 1. The number of amides is 1. The van der Waals surface area contributed by atoms with E-state index in [9.17, 15) is 4.79 Å². The molecule has 0 aromatic rings. The Morgan fingerprint density at radius 2 is 1.67 bits per heavy atom. The summed E-state index contributed by atoms with van der Waals surface area (Å²) in [7, 11) is 4.26. The lowest BCUT2D eigenvalue weighted by Crippen LogP contribution is -2.47. The lowest BCUT2D eigenvalue weighted by molar-refractivity contribution is -0.122. The second-order valence-electron chi connectivity index (χ2n) is 5.89. The molecule has 2 saturated heterocycles. The minimum atomic E-state index is -0.151. The van der Waals surface area contributed by atoms with Gasteiger partial charge in [-0.05, 0) is 40.0 Å². The molecule has 104 valence electrons. The fourth-order valence-electron chi connectivity index (χ4n) is 3.07. The van der Waals surface area contributed by atoms with Gasteiger partial charge in [-0.15, -0.1) is 0 Å². The molecule has 0 bridgehead atoms. The van der Waals surface area contributed by atoms with Crippen molar-refractivity contribution in [3.05, 3.63) is 0 Å². The van der Waals surface area contributed by atoms with E-state index in [0.29, 0.717) is 6.04 Å². The molecule has 2 aliphatic heterocycles. The second-order valence-corrected chi connectivity index (χ2v) is 5.89. The standard InChI is InChI=1S/C13H26N4O/c1-15-5-3-12(4-6-15)17-8-7-16(2)9-11(10-17)13(14)18/h11-12H,3-10H2,1-2H3,(H2,14,18)/t11-/m1/s1. The van der Waals surface area contributed by atoms with E-state index in [1.807, 2.05) is 0 Å². The number of piperidine rings is 1. The maximum absolute atomic E-state index is 11.5. The topological polar surface area (TPSA) is 52.8 Å². The number of carbonyl (C=O) groups excluding carboxylic acids is 1. The summed E-state index contributed by atoms with van der Waals surface area (Å²) in [6.45, 7) is 6.08. The van der Waals surface area contributed by atoms with E-state index in [1.54, 1.807) is 0 Å². The minimum Gasteiger partial charge on any atom is -0.369 e. The van der Waals surface area contributed by atoms with Crippen molar-refractivity contribution in [2.45, 2.75) is 18.9 Å². The molecule has 0 aromatic heterocycles. The van der Waals surface area contributed by atoms with Crippen molar-refractivity contribution in [3.63, 3.8) is 0 Å². The summed E-state index contributed by atoms with van der Waals surface area (Å²) in [5.41, 5.74) is 5.51. The van der Waals surface area contributed by atoms with Crippen molar-refractivity contribution < 1.29 is 4.79 Å². The summed E-state index contributed by atoms with van der Waals surface area (Å²) >= 11 is 0. The number of rotatable bonds is 2. The van der Waals surface area contributed by atoms with Crippen LogP contribution in [0.1, 0.15) is 12.8 Å². The van der Waals surface area contributed by atoms with E-state index in [-0.39, 0.29) is 11.8 Å². The van der Waals surface area contributed by atoms with E-state index < -0.39 is 0 Å². The second kappa shape index (κ2) is 5.99. The summed E-state index contributed by atoms with van der Waals surface area (Å²) in [4.78, 5) is 18.6. The number of likely N-dealkylation sites (tertiary alicyclic amines) is 1. The van der Waals surface area contributed by atoms with Gasteiger partial charge in [-0.25, -0.2) is 0 Å². The average Bonchev–Trinajstić information content (AvgIpc) is 2.52. The molecule has 1 atom stereocenters. The Bertz CT molecular complexity index is 289. The zero-order valence-corrected chi connectivity index (χ0v) is 11.6. The van der Waals surface area contributed by atoms with Crippen molar-refractivity contribution >= 4 is 5.91 Å². The Balaban J connectivity index is 1.96. The number of nitrogens with zero attached hydrogens (tertiary/aromatic N) is 3. The van der Waals surface area contributed by atoms with Crippen LogP contribution in [0.25, 0.3) is 0 Å². The van der Waals surface area contributed by atoms with Crippen LogP contribution in [0, 0.1) is 5.92 Å². The number of hydrogen-bond donors (Lipinski definition) is 1. The van der Waals surface area contributed by atoms with E-state index in [1.165, 1.54) is 12.8 Å². The maximum atomic E-state index is 11.5.